The number of likely N-dealkylation sites (N-methyl/N-ethyl adjacent to an activating group) is 1. The van der Waals surface area contributed by atoms with Gasteiger partial charge in [-0.1, -0.05) is 12.1 Å². The van der Waals surface area contributed by atoms with Gasteiger partial charge in [0.05, 0.1) is 23.9 Å². The molecule has 0 radical (unpaired) electrons. The third kappa shape index (κ3) is 5.89. The van der Waals surface area contributed by atoms with Crippen molar-refractivity contribution in [3.8, 4) is 5.75 Å². The number of aliphatic imine (C=N–C) groups is 1. The summed E-state index contributed by atoms with van der Waals surface area (Å²) in [5.74, 6) is -7.99. The Morgan fingerprint density at radius 1 is 1.11 bits per heavy atom. The van der Waals surface area contributed by atoms with E-state index < -0.39 is 75.0 Å². The largest absolute Gasteiger partial charge is 0.508 e. The Morgan fingerprint density at radius 2 is 1.72 bits per heavy atom. The summed E-state index contributed by atoms with van der Waals surface area (Å²) >= 11 is 0. The number of piperazine rings is 1. The van der Waals surface area contributed by atoms with Gasteiger partial charge >= 0.3 is 0 Å². The molecule has 1 aromatic rings. The molecule has 258 valence electrons. The fourth-order valence-corrected chi connectivity index (χ4v) is 7.07. The van der Waals surface area contributed by atoms with Gasteiger partial charge in [0.25, 0.3) is 5.91 Å². The molecule has 0 aromatic heterocycles. The lowest BCUT2D eigenvalue weighted by atomic mass is 9.54. The van der Waals surface area contributed by atoms with Crippen molar-refractivity contribution in [3.63, 3.8) is 0 Å². The second kappa shape index (κ2) is 13.3. The van der Waals surface area contributed by atoms with Crippen LogP contribution in [0.5, 0.6) is 5.75 Å². The van der Waals surface area contributed by atoms with E-state index in [4.69, 9.17) is 16.9 Å². The van der Waals surface area contributed by atoms with Crippen molar-refractivity contribution < 1.29 is 39.9 Å². The number of aliphatic hydroxyl groups excluding tert-OH is 2. The monoisotopic (exact) mass is 698 g/mol. The molecular weight excluding hydrogens is 659 g/mol. The van der Waals surface area contributed by atoms with Crippen LogP contribution in [0, 0.1) is 17.2 Å². The van der Waals surface area contributed by atoms with E-state index in [0.29, 0.717) is 26.2 Å². The molecule has 4 aliphatic rings. The van der Waals surface area contributed by atoms with Crippen LogP contribution in [0.15, 0.2) is 40.1 Å². The number of phenols is 1. The number of nitrogens with zero attached hydrogens (tertiary/aromatic N) is 4. The van der Waals surface area contributed by atoms with Gasteiger partial charge in [0.2, 0.25) is 11.7 Å². The quantitative estimate of drug-likeness (QED) is 0.103. The number of phenolic OH excluding ortho intramolecular Hbond substituents is 1. The van der Waals surface area contributed by atoms with Crippen LogP contribution < -0.4 is 16.8 Å². The van der Waals surface area contributed by atoms with Crippen molar-refractivity contribution in [2.75, 3.05) is 46.9 Å². The van der Waals surface area contributed by atoms with Gasteiger partial charge in [0.1, 0.15) is 22.8 Å². The van der Waals surface area contributed by atoms with Crippen molar-refractivity contribution >= 4 is 60.0 Å². The lowest BCUT2D eigenvalue weighted by molar-refractivity contribution is -0.159. The van der Waals surface area contributed by atoms with Gasteiger partial charge in [-0.25, -0.2) is 0 Å². The Kier molecular flexibility index (Phi) is 10.6. The first kappa shape index (κ1) is 37.5. The number of rotatable bonds is 4. The Balaban J connectivity index is 0.00000300. The molecule has 0 spiro atoms. The van der Waals surface area contributed by atoms with Crippen LogP contribution in [0.1, 0.15) is 24.5 Å². The molecule has 1 saturated heterocycles. The van der Waals surface area contributed by atoms with E-state index in [1.54, 1.807) is 4.90 Å². The molecule has 3 aliphatic carbocycles. The average molecular weight is 700 g/mol. The number of Topliss-reactive ketones (excluding diaryl/α,β-unsaturated/α-hetero) is 2. The molecule has 5 atom stereocenters. The lowest BCUT2D eigenvalue weighted by Crippen LogP contribution is -2.67. The summed E-state index contributed by atoms with van der Waals surface area (Å²) in [6.07, 6.45) is -0.226. The molecule has 11 N–H and O–H groups in total. The number of hydrogen-bond acceptors (Lipinski definition) is 11. The number of hydrogen-bond donors (Lipinski definition) is 9. The molecule has 16 nitrogen and oxygen atoms in total. The van der Waals surface area contributed by atoms with Crippen LogP contribution in [-0.2, 0) is 20.0 Å². The van der Waals surface area contributed by atoms with Crippen molar-refractivity contribution in [1.82, 2.24) is 20.0 Å². The van der Waals surface area contributed by atoms with Gasteiger partial charge in [-0.3, -0.25) is 29.6 Å². The van der Waals surface area contributed by atoms with E-state index in [1.165, 1.54) is 44.1 Å². The molecule has 1 saturated carbocycles. The lowest BCUT2D eigenvalue weighted by Gasteiger charge is -2.53. The highest BCUT2D eigenvalue weighted by molar-refractivity contribution is 6.25. The second-order valence-corrected chi connectivity index (χ2v) is 12.2. The van der Waals surface area contributed by atoms with Crippen LogP contribution in [0.25, 0.3) is 5.76 Å². The summed E-state index contributed by atoms with van der Waals surface area (Å²) in [5, 5.41) is 67.4. The molecule has 1 amide bonds. The van der Waals surface area contributed by atoms with Crippen LogP contribution in [-0.4, -0.2) is 128 Å². The first-order valence-corrected chi connectivity index (χ1v) is 14.4. The first-order valence-electron chi connectivity index (χ1n) is 14.4. The Hall–Kier alpha value is -3.93. The Morgan fingerprint density at radius 3 is 2.30 bits per heavy atom. The van der Waals surface area contributed by atoms with Gasteiger partial charge in [0.15, 0.2) is 17.3 Å². The van der Waals surface area contributed by atoms with Crippen LogP contribution in [0.2, 0.25) is 0 Å². The minimum Gasteiger partial charge on any atom is -0.508 e. The van der Waals surface area contributed by atoms with E-state index in [0.717, 1.165) is 0 Å². The number of aliphatic hydroxyl groups is 4. The highest BCUT2D eigenvalue weighted by atomic mass is 35.5. The molecule has 18 heteroatoms. The van der Waals surface area contributed by atoms with Crippen molar-refractivity contribution in [1.29, 1.82) is 5.41 Å². The number of carbonyl (C=O) groups is 3. The first-order chi connectivity index (χ1) is 21.0. The highest BCUT2D eigenvalue weighted by Gasteiger charge is 2.66. The maximum Gasteiger partial charge on any atom is 0.259 e. The van der Waals surface area contributed by atoms with Crippen LogP contribution in [0.3, 0.4) is 0 Å². The average Bonchev–Trinajstić information content (AvgIpc) is 2.96. The minimum atomic E-state index is -2.80. The molecule has 1 heterocycles. The fraction of sp³-hybridized carbons (Fsp3) is 0.483. The second-order valence-electron chi connectivity index (χ2n) is 12.2. The summed E-state index contributed by atoms with van der Waals surface area (Å²) in [4.78, 5) is 50.1. The Labute approximate surface area is 282 Å². The standard InChI is InChI=1S/C29H38N8O8.2ClH/c1-28(44)13-5-4-6-16(38)17(13)21(39)18-14(28)11-15-20(35(2)3)22(40)19(24(42)29(15,45)23(18)41)25(43)33-12-36-7-9-37(10-8-36)27(32)34-26(30)31;;/h4-6,14-15,20,38-39,42,44-45H,7-12H2,1-3H3,(H,33,43)(H5,30,31,32,34);2*1H. The third-order valence-corrected chi connectivity index (χ3v) is 9.37. The molecule has 5 rings (SSSR count). The highest BCUT2D eigenvalue weighted by Crippen LogP contribution is 2.57. The molecule has 0 bridgehead atoms. The number of halogens is 2. The summed E-state index contributed by atoms with van der Waals surface area (Å²) in [5.41, 5.74) is 4.82. The number of guanidine groups is 2. The zero-order valence-electron chi connectivity index (χ0n) is 25.9. The minimum absolute atomic E-state index is 0. The van der Waals surface area contributed by atoms with E-state index in [-0.39, 0.29) is 60.9 Å². The maximum atomic E-state index is 14.2. The number of ketones is 2. The van der Waals surface area contributed by atoms with Crippen molar-refractivity contribution in [2.24, 2.45) is 28.3 Å². The van der Waals surface area contributed by atoms with E-state index >= 15 is 0 Å². The van der Waals surface area contributed by atoms with E-state index in [9.17, 15) is 39.9 Å². The van der Waals surface area contributed by atoms with Gasteiger partial charge in [0, 0.05) is 43.6 Å². The number of aromatic hydroxyl groups is 1. The SMILES string of the molecule is CN(C)C1C(=O)C(C(=O)NCN2CCN(C(=N)N=C(N)N)CC2)=C(O)C2(O)C(=O)C3=C(O)c4c(O)cccc4C(C)(O)C3CC12.Cl.Cl. The van der Waals surface area contributed by atoms with Gasteiger partial charge < -0.3 is 47.2 Å². The summed E-state index contributed by atoms with van der Waals surface area (Å²) in [7, 11) is 3.06. The summed E-state index contributed by atoms with van der Waals surface area (Å²) in [6, 6.07) is 2.99. The molecule has 1 aromatic carbocycles. The van der Waals surface area contributed by atoms with Gasteiger partial charge in [-0.2, -0.15) is 4.99 Å². The van der Waals surface area contributed by atoms with Crippen molar-refractivity contribution in [3.05, 3.63) is 46.2 Å². The van der Waals surface area contributed by atoms with E-state index in [1.807, 2.05) is 4.90 Å². The van der Waals surface area contributed by atoms with Crippen LogP contribution in [0.4, 0.5) is 0 Å². The number of nitrogens with one attached hydrogen (secondary N) is 2. The van der Waals surface area contributed by atoms with Crippen molar-refractivity contribution in [2.45, 2.75) is 30.6 Å². The molecule has 5 unspecified atom stereocenters. The molecular formula is C29H40Cl2N8O8. The van der Waals surface area contributed by atoms with Crippen LogP contribution >= 0.6 is 24.8 Å². The molecule has 2 fully saturated rings. The Bertz CT molecular complexity index is 1580. The smallest absolute Gasteiger partial charge is 0.259 e. The number of fused-ring (bicyclic) bond motifs is 3. The summed E-state index contributed by atoms with van der Waals surface area (Å²) < 4.78 is 0. The molecule has 1 aliphatic heterocycles. The van der Waals surface area contributed by atoms with E-state index in [2.05, 4.69) is 10.3 Å². The topological polar surface area (TPSA) is 262 Å². The normalized spacial score (nSPS) is 28.8. The predicted octanol–water partition coefficient (Wildman–Crippen LogP) is -1.11. The number of carbonyl (C=O) groups excluding carboxylic acids is 3. The fourth-order valence-electron chi connectivity index (χ4n) is 7.07. The number of nitrogens with two attached hydrogens (primary N) is 2. The molecule has 47 heavy (non-hydrogen) atoms. The zero-order valence-corrected chi connectivity index (χ0v) is 27.6. The van der Waals surface area contributed by atoms with Gasteiger partial charge in [-0.05, 0) is 39.1 Å². The van der Waals surface area contributed by atoms with Gasteiger partial charge in [-0.15, -0.1) is 24.8 Å². The third-order valence-electron chi connectivity index (χ3n) is 9.37. The predicted molar refractivity (Wildman–Crippen MR) is 175 cm³/mol. The maximum absolute atomic E-state index is 14.2. The summed E-state index contributed by atoms with van der Waals surface area (Å²) in [6.45, 7) is 2.90. The zero-order chi connectivity index (χ0) is 33.2. The number of benzene rings is 1. The number of amides is 1.